The Morgan fingerprint density at radius 3 is 2.37 bits per heavy atom. The number of unbranched alkanes of at least 4 members (excludes halogenated alkanes) is 2. The Bertz CT molecular complexity index is 467. The van der Waals surface area contributed by atoms with E-state index in [2.05, 4.69) is 26.8 Å². The molecule has 0 amide bonds. The molecule has 3 heteroatoms. The summed E-state index contributed by atoms with van der Waals surface area (Å²) in [5, 5.41) is 0. The monoisotopic (exact) mass is 264 g/mol. The van der Waals surface area contributed by atoms with Crippen molar-refractivity contribution < 1.29 is 0 Å². The van der Waals surface area contributed by atoms with Crippen LogP contribution in [0.2, 0.25) is 0 Å². The normalized spacial score (nSPS) is 12.2. The second-order valence-electron chi connectivity index (χ2n) is 6.21. The predicted octanol–water partition coefficient (Wildman–Crippen LogP) is 3.36. The zero-order chi connectivity index (χ0) is 14.6. The molecule has 0 aliphatic heterocycles. The largest absolute Gasteiger partial charge is 0.322 e. The highest BCUT2D eigenvalue weighted by molar-refractivity contribution is 5.23. The molecule has 1 aromatic rings. The van der Waals surface area contributed by atoms with Gasteiger partial charge in [-0.05, 0) is 38.3 Å². The highest BCUT2D eigenvalue weighted by Crippen LogP contribution is 2.18. The van der Waals surface area contributed by atoms with Gasteiger partial charge in [0.05, 0.1) is 0 Å². The van der Waals surface area contributed by atoms with Crippen molar-refractivity contribution in [2.45, 2.75) is 71.9 Å². The van der Waals surface area contributed by atoms with Crippen LogP contribution in [0.15, 0.2) is 16.9 Å². The summed E-state index contributed by atoms with van der Waals surface area (Å²) in [6, 6.07) is 3.95. The summed E-state index contributed by atoms with van der Waals surface area (Å²) in [7, 11) is 0. The zero-order valence-electron chi connectivity index (χ0n) is 13.0. The molecular weight excluding hydrogens is 236 g/mol. The topological polar surface area (TPSA) is 48.0 Å². The van der Waals surface area contributed by atoms with Crippen molar-refractivity contribution in [1.82, 2.24) is 4.57 Å². The summed E-state index contributed by atoms with van der Waals surface area (Å²) in [5.74, 6) is 0.351. The lowest BCUT2D eigenvalue weighted by Gasteiger charge is -2.23. The molecule has 108 valence electrons. The minimum atomic E-state index is -0.584. The van der Waals surface area contributed by atoms with E-state index in [9.17, 15) is 4.79 Å². The van der Waals surface area contributed by atoms with E-state index < -0.39 is 5.54 Å². The Morgan fingerprint density at radius 1 is 1.26 bits per heavy atom. The van der Waals surface area contributed by atoms with Crippen LogP contribution in [0.4, 0.5) is 0 Å². The first-order chi connectivity index (χ1) is 8.79. The van der Waals surface area contributed by atoms with Gasteiger partial charge in [0, 0.05) is 23.3 Å². The Balaban J connectivity index is 3.24. The van der Waals surface area contributed by atoms with Gasteiger partial charge in [-0.25, -0.2) is 0 Å². The van der Waals surface area contributed by atoms with Crippen LogP contribution >= 0.6 is 0 Å². The van der Waals surface area contributed by atoms with Gasteiger partial charge in [-0.15, -0.1) is 0 Å². The van der Waals surface area contributed by atoms with Crippen LogP contribution in [0.1, 0.15) is 71.1 Å². The predicted molar refractivity (Wildman–Crippen MR) is 81.5 cm³/mol. The first-order valence-electron chi connectivity index (χ1n) is 7.32. The number of pyridine rings is 1. The van der Waals surface area contributed by atoms with E-state index in [0.29, 0.717) is 11.5 Å². The number of nitrogens with zero attached hydrogens (tertiary/aromatic N) is 1. The fourth-order valence-corrected chi connectivity index (χ4v) is 2.34. The Hall–Kier alpha value is -1.09. The minimum absolute atomic E-state index is 0.0785. The summed E-state index contributed by atoms with van der Waals surface area (Å²) >= 11 is 0. The van der Waals surface area contributed by atoms with Crippen molar-refractivity contribution in [1.29, 1.82) is 0 Å². The lowest BCUT2D eigenvalue weighted by Crippen LogP contribution is -2.39. The number of aromatic nitrogens is 1. The van der Waals surface area contributed by atoms with Crippen molar-refractivity contribution in [3.63, 3.8) is 0 Å². The molecule has 0 atom stereocenters. The van der Waals surface area contributed by atoms with E-state index in [-0.39, 0.29) is 5.56 Å². The van der Waals surface area contributed by atoms with E-state index >= 15 is 0 Å². The lowest BCUT2D eigenvalue weighted by molar-refractivity contribution is 0.508. The van der Waals surface area contributed by atoms with Gasteiger partial charge in [-0.1, -0.05) is 33.6 Å². The van der Waals surface area contributed by atoms with Gasteiger partial charge in [0.25, 0.3) is 5.56 Å². The van der Waals surface area contributed by atoms with E-state index in [0.717, 1.165) is 31.5 Å². The Morgan fingerprint density at radius 2 is 1.89 bits per heavy atom. The van der Waals surface area contributed by atoms with E-state index in [1.165, 1.54) is 0 Å². The molecule has 0 aliphatic carbocycles. The number of hydrogen-bond donors (Lipinski definition) is 1. The molecule has 0 spiro atoms. The maximum atomic E-state index is 12.6. The van der Waals surface area contributed by atoms with E-state index in [1.54, 1.807) is 0 Å². The summed E-state index contributed by atoms with van der Waals surface area (Å²) in [6.45, 7) is 11.0. The SMILES string of the molecule is CCCCCn1c(C(C)C)ccc(C(C)(C)N)c1=O. The second-order valence-corrected chi connectivity index (χ2v) is 6.21. The molecule has 1 rings (SSSR count). The van der Waals surface area contributed by atoms with Crippen LogP contribution in [0.25, 0.3) is 0 Å². The smallest absolute Gasteiger partial charge is 0.255 e. The standard InChI is InChI=1S/C16H28N2O/c1-6-7-8-11-18-14(12(2)3)10-9-13(15(18)19)16(4,5)17/h9-10,12H,6-8,11,17H2,1-5H3. The number of rotatable bonds is 6. The van der Waals surface area contributed by atoms with Gasteiger partial charge in [0.15, 0.2) is 0 Å². The number of nitrogens with two attached hydrogens (primary N) is 1. The van der Waals surface area contributed by atoms with Crippen LogP contribution in [0.3, 0.4) is 0 Å². The quantitative estimate of drug-likeness (QED) is 0.801. The summed E-state index contributed by atoms with van der Waals surface area (Å²) < 4.78 is 1.92. The van der Waals surface area contributed by atoms with Crippen molar-refractivity contribution in [3.05, 3.63) is 33.7 Å². The van der Waals surface area contributed by atoms with E-state index in [4.69, 9.17) is 5.73 Å². The third kappa shape index (κ3) is 3.93. The van der Waals surface area contributed by atoms with Gasteiger partial charge in [0.1, 0.15) is 0 Å². The van der Waals surface area contributed by atoms with Crippen molar-refractivity contribution in [2.75, 3.05) is 0 Å². The molecular formula is C16H28N2O. The molecule has 19 heavy (non-hydrogen) atoms. The summed E-state index contributed by atoms with van der Waals surface area (Å²) in [6.07, 6.45) is 3.36. The molecule has 0 aromatic carbocycles. The molecule has 1 heterocycles. The van der Waals surface area contributed by atoms with Crippen LogP contribution < -0.4 is 11.3 Å². The highest BCUT2D eigenvalue weighted by atomic mass is 16.1. The average molecular weight is 264 g/mol. The first-order valence-corrected chi connectivity index (χ1v) is 7.32. The zero-order valence-corrected chi connectivity index (χ0v) is 13.0. The Labute approximate surface area is 116 Å². The van der Waals surface area contributed by atoms with Crippen LogP contribution in [-0.2, 0) is 12.1 Å². The fraction of sp³-hybridized carbons (Fsp3) is 0.688. The third-order valence-corrected chi connectivity index (χ3v) is 3.48. The molecule has 1 aromatic heterocycles. The van der Waals surface area contributed by atoms with Crippen LogP contribution in [-0.4, -0.2) is 4.57 Å². The molecule has 0 fully saturated rings. The first kappa shape index (κ1) is 16.0. The molecule has 0 radical (unpaired) electrons. The molecule has 0 unspecified atom stereocenters. The van der Waals surface area contributed by atoms with Gasteiger partial charge in [-0.2, -0.15) is 0 Å². The molecule has 3 nitrogen and oxygen atoms in total. The Kier molecular flexibility index (Phi) is 5.36. The van der Waals surface area contributed by atoms with Gasteiger partial charge in [-0.3, -0.25) is 4.79 Å². The van der Waals surface area contributed by atoms with Crippen LogP contribution in [0, 0.1) is 0 Å². The van der Waals surface area contributed by atoms with Crippen molar-refractivity contribution in [3.8, 4) is 0 Å². The van der Waals surface area contributed by atoms with Crippen molar-refractivity contribution >= 4 is 0 Å². The van der Waals surface area contributed by atoms with Crippen molar-refractivity contribution in [2.24, 2.45) is 5.73 Å². The lowest BCUT2D eigenvalue weighted by atomic mass is 9.95. The van der Waals surface area contributed by atoms with Gasteiger partial charge >= 0.3 is 0 Å². The van der Waals surface area contributed by atoms with Crippen LogP contribution in [0.5, 0.6) is 0 Å². The minimum Gasteiger partial charge on any atom is -0.322 e. The molecule has 0 saturated carbocycles. The summed E-state index contributed by atoms with van der Waals surface area (Å²) in [5.41, 5.74) is 7.40. The maximum Gasteiger partial charge on any atom is 0.255 e. The molecule has 0 saturated heterocycles. The second kappa shape index (κ2) is 6.38. The number of hydrogen-bond acceptors (Lipinski definition) is 2. The third-order valence-electron chi connectivity index (χ3n) is 3.48. The van der Waals surface area contributed by atoms with E-state index in [1.807, 2.05) is 24.5 Å². The highest BCUT2D eigenvalue weighted by Gasteiger charge is 2.21. The van der Waals surface area contributed by atoms with Gasteiger partial charge in [0.2, 0.25) is 0 Å². The molecule has 0 bridgehead atoms. The maximum absolute atomic E-state index is 12.6. The fourth-order valence-electron chi connectivity index (χ4n) is 2.34. The molecule has 2 N–H and O–H groups in total. The average Bonchev–Trinajstić information content (AvgIpc) is 2.29. The van der Waals surface area contributed by atoms with Gasteiger partial charge < -0.3 is 10.3 Å². The summed E-state index contributed by atoms with van der Waals surface area (Å²) in [4.78, 5) is 12.6. The molecule has 0 aliphatic rings.